The van der Waals surface area contributed by atoms with Crippen LogP contribution in [0.1, 0.15) is 34.1 Å². The van der Waals surface area contributed by atoms with Gasteiger partial charge in [0.25, 0.3) is 0 Å². The van der Waals surface area contributed by atoms with Crippen LogP contribution in [0, 0.1) is 5.92 Å². The molecule has 0 radical (unpaired) electrons. The normalized spacial score (nSPS) is 22.5. The van der Waals surface area contributed by atoms with E-state index in [4.69, 9.17) is 14.6 Å². The number of ether oxygens (including phenoxy) is 2. The number of hydrogen-bond donors (Lipinski definition) is 1. The number of carbonyl (C=O) groups excluding carboxylic acids is 2. The average Bonchev–Trinajstić information content (AvgIpc) is 2.71. The van der Waals surface area contributed by atoms with E-state index in [-0.39, 0.29) is 19.6 Å². The fourth-order valence-corrected chi connectivity index (χ4v) is 2.02. The predicted molar refractivity (Wildman–Crippen MR) is 69.1 cm³/mol. The third-order valence-corrected chi connectivity index (χ3v) is 2.83. The summed E-state index contributed by atoms with van der Waals surface area (Å²) >= 11 is 0. The lowest BCUT2D eigenvalue weighted by atomic mass is 10.1. The van der Waals surface area contributed by atoms with E-state index >= 15 is 0 Å². The smallest absolute Gasteiger partial charge is 0.411 e. The molecule has 1 rings (SSSR count). The van der Waals surface area contributed by atoms with Crippen molar-refractivity contribution in [1.82, 2.24) is 4.90 Å². The number of rotatable bonds is 3. The van der Waals surface area contributed by atoms with Crippen LogP contribution < -0.4 is 0 Å². The highest BCUT2D eigenvalue weighted by Gasteiger charge is 2.44. The van der Waals surface area contributed by atoms with E-state index in [0.717, 1.165) is 4.90 Å². The average molecular weight is 287 g/mol. The van der Waals surface area contributed by atoms with Crippen LogP contribution in [0.25, 0.3) is 0 Å². The van der Waals surface area contributed by atoms with Gasteiger partial charge in [-0.3, -0.25) is 9.69 Å². The van der Waals surface area contributed by atoms with Gasteiger partial charge in [0.15, 0.2) is 0 Å². The van der Waals surface area contributed by atoms with E-state index in [1.54, 1.807) is 27.7 Å². The van der Waals surface area contributed by atoms with Crippen molar-refractivity contribution in [2.45, 2.75) is 45.8 Å². The van der Waals surface area contributed by atoms with Gasteiger partial charge in [0.05, 0.1) is 12.5 Å². The zero-order valence-corrected chi connectivity index (χ0v) is 12.2. The zero-order chi connectivity index (χ0) is 15.5. The van der Waals surface area contributed by atoms with Crippen LogP contribution in [0.5, 0.6) is 0 Å². The maximum Gasteiger partial charge on any atom is 0.411 e. The predicted octanol–water partition coefficient (Wildman–Crippen LogP) is 1.26. The topological polar surface area (TPSA) is 93.1 Å². The number of nitrogens with zero attached hydrogens (tertiary/aromatic N) is 1. The van der Waals surface area contributed by atoms with Gasteiger partial charge in [0.1, 0.15) is 11.6 Å². The Kier molecular flexibility index (Phi) is 4.97. The first kappa shape index (κ1) is 16.3. The fourth-order valence-electron chi connectivity index (χ4n) is 2.02. The molecule has 7 heteroatoms. The monoisotopic (exact) mass is 287 g/mol. The van der Waals surface area contributed by atoms with E-state index in [1.165, 1.54) is 0 Å². The molecule has 114 valence electrons. The molecule has 0 unspecified atom stereocenters. The number of amides is 1. The molecule has 1 aliphatic heterocycles. The van der Waals surface area contributed by atoms with Crippen LogP contribution in [0.15, 0.2) is 0 Å². The Labute approximate surface area is 117 Å². The van der Waals surface area contributed by atoms with Gasteiger partial charge in [0, 0.05) is 6.54 Å². The Morgan fingerprint density at radius 1 is 1.30 bits per heavy atom. The van der Waals surface area contributed by atoms with Gasteiger partial charge in [-0.15, -0.1) is 0 Å². The number of esters is 1. The van der Waals surface area contributed by atoms with E-state index < -0.39 is 35.6 Å². The number of likely N-dealkylation sites (tertiary alicyclic amines) is 1. The molecule has 1 fully saturated rings. The quantitative estimate of drug-likeness (QED) is 0.785. The fraction of sp³-hybridized carbons (Fsp3) is 0.769. The Bertz CT molecular complexity index is 400. The standard InChI is InChI=1S/C13H21NO6/c1-5-19-11(17)8-6-9(10(15)16)14(7-8)12(18)20-13(2,3)4/h8-9H,5-7H2,1-4H3,(H,15,16)/t8-,9-/m0/s1. The summed E-state index contributed by atoms with van der Waals surface area (Å²) in [6, 6.07) is -1.06. The summed E-state index contributed by atoms with van der Waals surface area (Å²) in [6.45, 7) is 6.98. The van der Waals surface area contributed by atoms with Crippen molar-refractivity contribution in [3.63, 3.8) is 0 Å². The van der Waals surface area contributed by atoms with Gasteiger partial charge in [-0.25, -0.2) is 9.59 Å². The van der Waals surface area contributed by atoms with E-state index in [9.17, 15) is 14.4 Å². The second-order valence-electron chi connectivity index (χ2n) is 5.67. The highest BCUT2D eigenvalue weighted by Crippen LogP contribution is 2.26. The highest BCUT2D eigenvalue weighted by molar-refractivity contribution is 5.84. The number of carbonyl (C=O) groups is 3. The summed E-state index contributed by atoms with van der Waals surface area (Å²) in [4.78, 5) is 35.9. The lowest BCUT2D eigenvalue weighted by Crippen LogP contribution is -2.43. The zero-order valence-electron chi connectivity index (χ0n) is 12.2. The molecule has 0 saturated carbocycles. The maximum absolute atomic E-state index is 12.0. The molecule has 1 amide bonds. The van der Waals surface area contributed by atoms with E-state index in [0.29, 0.717) is 0 Å². The molecule has 7 nitrogen and oxygen atoms in total. The molecule has 0 aromatic rings. The SMILES string of the molecule is CCOC(=O)[C@H]1C[C@@H](C(=O)O)N(C(=O)OC(C)(C)C)C1. The molecule has 1 saturated heterocycles. The van der Waals surface area contributed by atoms with Crippen molar-refractivity contribution >= 4 is 18.0 Å². The summed E-state index contributed by atoms with van der Waals surface area (Å²) in [5.41, 5.74) is -0.720. The highest BCUT2D eigenvalue weighted by atomic mass is 16.6. The van der Waals surface area contributed by atoms with Crippen molar-refractivity contribution in [2.75, 3.05) is 13.2 Å². The van der Waals surface area contributed by atoms with Crippen LogP contribution in [0.2, 0.25) is 0 Å². The minimum atomic E-state index is -1.15. The van der Waals surface area contributed by atoms with Gasteiger partial charge in [-0.2, -0.15) is 0 Å². The number of aliphatic carboxylic acids is 1. The molecule has 2 atom stereocenters. The number of carboxylic acid groups (broad SMARTS) is 1. The summed E-state index contributed by atoms with van der Waals surface area (Å²) in [5.74, 6) is -2.25. The van der Waals surface area contributed by atoms with E-state index in [2.05, 4.69) is 0 Å². The molecule has 0 aromatic carbocycles. The second-order valence-corrected chi connectivity index (χ2v) is 5.67. The second kappa shape index (κ2) is 6.11. The molecule has 20 heavy (non-hydrogen) atoms. The van der Waals surface area contributed by atoms with Gasteiger partial charge in [-0.05, 0) is 34.1 Å². The molecule has 0 spiro atoms. The molecule has 0 aromatic heterocycles. The van der Waals surface area contributed by atoms with Crippen molar-refractivity contribution in [3.05, 3.63) is 0 Å². The van der Waals surface area contributed by atoms with Crippen LogP contribution in [0.3, 0.4) is 0 Å². The van der Waals surface area contributed by atoms with Crippen molar-refractivity contribution < 1.29 is 29.0 Å². The Hall–Kier alpha value is -1.79. The lowest BCUT2D eigenvalue weighted by Gasteiger charge is -2.26. The number of carboxylic acids is 1. The molecule has 1 aliphatic rings. The van der Waals surface area contributed by atoms with Gasteiger partial charge >= 0.3 is 18.0 Å². The molecular formula is C13H21NO6. The van der Waals surface area contributed by atoms with Crippen LogP contribution >= 0.6 is 0 Å². The molecule has 0 bridgehead atoms. The van der Waals surface area contributed by atoms with Gasteiger partial charge in [-0.1, -0.05) is 0 Å². The number of hydrogen-bond acceptors (Lipinski definition) is 5. The van der Waals surface area contributed by atoms with Crippen LogP contribution in [-0.4, -0.2) is 52.8 Å². The summed E-state index contributed by atoms with van der Waals surface area (Å²) < 4.78 is 10.0. The van der Waals surface area contributed by atoms with Gasteiger partial charge in [0.2, 0.25) is 0 Å². The summed E-state index contributed by atoms with van der Waals surface area (Å²) in [7, 11) is 0. The van der Waals surface area contributed by atoms with Crippen molar-refractivity contribution in [1.29, 1.82) is 0 Å². The summed E-state index contributed by atoms with van der Waals surface area (Å²) in [5, 5.41) is 9.16. The molecule has 0 aliphatic carbocycles. The van der Waals surface area contributed by atoms with Crippen LogP contribution in [-0.2, 0) is 19.1 Å². The third kappa shape index (κ3) is 4.11. The third-order valence-electron chi connectivity index (χ3n) is 2.83. The van der Waals surface area contributed by atoms with Crippen molar-refractivity contribution in [2.24, 2.45) is 5.92 Å². The van der Waals surface area contributed by atoms with Crippen LogP contribution in [0.4, 0.5) is 4.79 Å². The summed E-state index contributed by atoms with van der Waals surface area (Å²) in [6.07, 6.45) is -0.676. The largest absolute Gasteiger partial charge is 0.480 e. The lowest BCUT2D eigenvalue weighted by molar-refractivity contribution is -0.147. The van der Waals surface area contributed by atoms with E-state index in [1.807, 2.05) is 0 Å². The first-order valence-corrected chi connectivity index (χ1v) is 6.54. The minimum absolute atomic E-state index is 0.00468. The first-order chi connectivity index (χ1) is 9.15. The minimum Gasteiger partial charge on any atom is -0.480 e. The van der Waals surface area contributed by atoms with Crippen molar-refractivity contribution in [3.8, 4) is 0 Å². The Morgan fingerprint density at radius 3 is 2.35 bits per heavy atom. The molecule has 1 heterocycles. The molecular weight excluding hydrogens is 266 g/mol. The molecule has 1 N–H and O–H groups in total. The Morgan fingerprint density at radius 2 is 1.90 bits per heavy atom. The Balaban J connectivity index is 2.80. The first-order valence-electron chi connectivity index (χ1n) is 6.54. The maximum atomic E-state index is 12.0. The van der Waals surface area contributed by atoms with Gasteiger partial charge < -0.3 is 14.6 Å².